The quantitative estimate of drug-likeness (QED) is 0.558. The van der Waals surface area contributed by atoms with E-state index in [0.29, 0.717) is 11.0 Å². The molecule has 1 aliphatic rings. The zero-order chi connectivity index (χ0) is 17.3. The standard InChI is InChI=1S/C14H17N3O6S/c1-6(19)15-11-13(21)12(20)10(5-18)22-14(11)24-7-2-3-8-9(4-7)17-23-16-8/h2-4,10-14,18,20-21H,5H2,1H3,(H,15,19)/t10?,11-,12?,13?,14?/m0/s1. The minimum Gasteiger partial charge on any atom is -0.394 e. The number of aliphatic hydroxyl groups excluding tert-OH is 3. The van der Waals surface area contributed by atoms with Crippen LogP contribution in [0.2, 0.25) is 0 Å². The van der Waals surface area contributed by atoms with Crippen molar-refractivity contribution in [3.8, 4) is 0 Å². The molecule has 1 aromatic carbocycles. The highest BCUT2D eigenvalue weighted by Crippen LogP contribution is 2.34. The minimum absolute atomic E-state index is 0.362. The van der Waals surface area contributed by atoms with Crippen LogP contribution in [0.1, 0.15) is 6.92 Å². The van der Waals surface area contributed by atoms with E-state index in [-0.39, 0.29) is 5.91 Å². The second kappa shape index (κ2) is 7.03. The predicted octanol–water partition coefficient (Wildman–Crippen LogP) is -0.741. The maximum Gasteiger partial charge on any atom is 0.217 e. The van der Waals surface area contributed by atoms with Crippen LogP contribution in [0, 0.1) is 0 Å². The maximum atomic E-state index is 11.4. The van der Waals surface area contributed by atoms with Gasteiger partial charge in [-0.05, 0) is 28.5 Å². The summed E-state index contributed by atoms with van der Waals surface area (Å²) < 4.78 is 10.3. The topological polar surface area (TPSA) is 138 Å². The van der Waals surface area contributed by atoms with Crippen molar-refractivity contribution in [2.75, 3.05) is 6.61 Å². The molecule has 10 heteroatoms. The Kier molecular flexibility index (Phi) is 5.01. The number of ether oxygens (including phenoxy) is 1. The Balaban J connectivity index is 1.84. The SMILES string of the molecule is CC(=O)N[C@@H]1C(Sc2ccc3nonc3c2)OC(CO)C(O)C1O. The average Bonchev–Trinajstić information content (AvgIpc) is 3.01. The third-order valence-electron chi connectivity index (χ3n) is 3.73. The van der Waals surface area contributed by atoms with E-state index < -0.39 is 36.4 Å². The summed E-state index contributed by atoms with van der Waals surface area (Å²) >= 11 is 1.23. The van der Waals surface area contributed by atoms with Crippen molar-refractivity contribution in [1.82, 2.24) is 15.6 Å². The van der Waals surface area contributed by atoms with E-state index in [1.54, 1.807) is 18.2 Å². The van der Waals surface area contributed by atoms with Crippen molar-refractivity contribution in [3.63, 3.8) is 0 Å². The molecular weight excluding hydrogens is 338 g/mol. The third kappa shape index (κ3) is 3.37. The van der Waals surface area contributed by atoms with Crippen LogP contribution in [0.4, 0.5) is 0 Å². The lowest BCUT2D eigenvalue weighted by Gasteiger charge is -2.42. The van der Waals surface area contributed by atoms with Crippen LogP contribution in [0.5, 0.6) is 0 Å². The smallest absolute Gasteiger partial charge is 0.217 e. The van der Waals surface area contributed by atoms with Gasteiger partial charge in [0.05, 0.1) is 12.6 Å². The highest BCUT2D eigenvalue weighted by atomic mass is 32.2. The van der Waals surface area contributed by atoms with Gasteiger partial charge in [0.25, 0.3) is 0 Å². The number of carbonyl (C=O) groups excluding carboxylic acids is 1. The molecule has 2 aromatic rings. The van der Waals surface area contributed by atoms with Gasteiger partial charge < -0.3 is 25.4 Å². The molecule has 130 valence electrons. The number of thioether (sulfide) groups is 1. The number of aromatic nitrogens is 2. The summed E-state index contributed by atoms with van der Waals surface area (Å²) in [7, 11) is 0. The van der Waals surface area contributed by atoms with E-state index in [9.17, 15) is 20.1 Å². The molecule has 1 aromatic heterocycles. The monoisotopic (exact) mass is 355 g/mol. The van der Waals surface area contributed by atoms with Crippen LogP contribution < -0.4 is 5.32 Å². The van der Waals surface area contributed by atoms with Gasteiger partial charge in [-0.1, -0.05) is 11.8 Å². The molecule has 0 spiro atoms. The summed E-state index contributed by atoms with van der Waals surface area (Å²) in [5, 5.41) is 39.6. The van der Waals surface area contributed by atoms with Gasteiger partial charge in [-0.3, -0.25) is 4.79 Å². The molecule has 1 saturated heterocycles. The number of hydrogen-bond donors (Lipinski definition) is 4. The Hall–Kier alpha value is -1.72. The van der Waals surface area contributed by atoms with Crippen molar-refractivity contribution in [2.24, 2.45) is 0 Å². The molecule has 0 bridgehead atoms. The number of rotatable bonds is 4. The van der Waals surface area contributed by atoms with Gasteiger partial charge in [-0.25, -0.2) is 4.63 Å². The van der Waals surface area contributed by atoms with Crippen molar-refractivity contribution >= 4 is 28.7 Å². The summed E-state index contributed by atoms with van der Waals surface area (Å²) in [6.45, 7) is 0.862. The van der Waals surface area contributed by atoms with Gasteiger partial charge in [-0.2, -0.15) is 0 Å². The molecule has 1 amide bonds. The first-order chi connectivity index (χ1) is 11.5. The largest absolute Gasteiger partial charge is 0.394 e. The normalized spacial score (nSPS) is 30.4. The molecule has 24 heavy (non-hydrogen) atoms. The van der Waals surface area contributed by atoms with E-state index in [2.05, 4.69) is 20.3 Å². The second-order valence-corrected chi connectivity index (χ2v) is 6.64. The van der Waals surface area contributed by atoms with E-state index in [0.717, 1.165) is 4.90 Å². The Morgan fingerprint density at radius 1 is 1.29 bits per heavy atom. The highest BCUT2D eigenvalue weighted by Gasteiger charge is 2.45. The minimum atomic E-state index is -1.30. The van der Waals surface area contributed by atoms with Gasteiger partial charge in [0.2, 0.25) is 5.91 Å². The molecule has 3 rings (SSSR count). The van der Waals surface area contributed by atoms with Crippen LogP contribution in [-0.2, 0) is 9.53 Å². The number of nitrogens with one attached hydrogen (secondary N) is 1. The van der Waals surface area contributed by atoms with E-state index in [4.69, 9.17) is 4.74 Å². The van der Waals surface area contributed by atoms with Gasteiger partial charge in [0, 0.05) is 11.8 Å². The number of amides is 1. The molecule has 9 nitrogen and oxygen atoms in total. The van der Waals surface area contributed by atoms with Crippen LogP contribution in [-0.4, -0.2) is 67.9 Å². The zero-order valence-electron chi connectivity index (χ0n) is 12.7. The number of carbonyl (C=O) groups is 1. The first-order valence-electron chi connectivity index (χ1n) is 7.28. The molecule has 4 N–H and O–H groups in total. The second-order valence-electron chi connectivity index (χ2n) is 5.47. The molecule has 0 radical (unpaired) electrons. The van der Waals surface area contributed by atoms with Gasteiger partial charge in [0.1, 0.15) is 34.8 Å². The summed E-state index contributed by atoms with van der Waals surface area (Å²) in [6.07, 6.45) is -3.51. The van der Waals surface area contributed by atoms with Gasteiger partial charge >= 0.3 is 0 Å². The number of hydrogen-bond acceptors (Lipinski definition) is 9. The molecule has 1 aliphatic heterocycles. The summed E-state index contributed by atoms with van der Waals surface area (Å²) in [4.78, 5) is 12.2. The number of aliphatic hydroxyl groups is 3. The van der Waals surface area contributed by atoms with Crippen molar-refractivity contribution in [3.05, 3.63) is 18.2 Å². The molecule has 0 saturated carbocycles. The first-order valence-corrected chi connectivity index (χ1v) is 8.16. The Morgan fingerprint density at radius 3 is 2.75 bits per heavy atom. The lowest BCUT2D eigenvalue weighted by molar-refractivity contribution is -0.173. The number of fused-ring (bicyclic) bond motifs is 1. The van der Waals surface area contributed by atoms with Crippen LogP contribution in [0.3, 0.4) is 0 Å². The number of nitrogens with zero attached hydrogens (tertiary/aromatic N) is 2. The Morgan fingerprint density at radius 2 is 2.04 bits per heavy atom. The highest BCUT2D eigenvalue weighted by molar-refractivity contribution is 7.99. The van der Waals surface area contributed by atoms with Crippen molar-refractivity contribution in [1.29, 1.82) is 0 Å². The zero-order valence-corrected chi connectivity index (χ0v) is 13.5. The summed E-state index contributed by atoms with van der Waals surface area (Å²) in [5.41, 5.74) is 0.457. The molecule has 0 aliphatic carbocycles. The fourth-order valence-electron chi connectivity index (χ4n) is 2.54. The number of benzene rings is 1. The third-order valence-corrected chi connectivity index (χ3v) is 4.89. The van der Waals surface area contributed by atoms with Crippen LogP contribution in [0.25, 0.3) is 11.0 Å². The molecule has 5 atom stereocenters. The van der Waals surface area contributed by atoms with Crippen molar-refractivity contribution in [2.45, 2.75) is 41.6 Å². The Labute approximate surface area is 140 Å². The fraction of sp³-hybridized carbons (Fsp3) is 0.500. The Bertz CT molecular complexity index is 725. The first kappa shape index (κ1) is 17.1. The molecule has 1 fully saturated rings. The van der Waals surface area contributed by atoms with Crippen molar-refractivity contribution < 1.29 is 29.5 Å². The average molecular weight is 355 g/mol. The van der Waals surface area contributed by atoms with E-state index >= 15 is 0 Å². The summed E-state index contributed by atoms with van der Waals surface area (Å²) in [6, 6.07) is 4.39. The van der Waals surface area contributed by atoms with Crippen LogP contribution >= 0.6 is 11.8 Å². The van der Waals surface area contributed by atoms with Gasteiger partial charge in [0.15, 0.2) is 0 Å². The fourth-order valence-corrected chi connectivity index (χ4v) is 3.71. The van der Waals surface area contributed by atoms with Crippen LogP contribution in [0.15, 0.2) is 27.7 Å². The molecule has 2 heterocycles. The van der Waals surface area contributed by atoms with E-state index in [1.165, 1.54) is 18.7 Å². The van der Waals surface area contributed by atoms with E-state index in [1.807, 2.05) is 0 Å². The molecule has 4 unspecified atom stereocenters. The lowest BCUT2D eigenvalue weighted by Crippen LogP contribution is -2.63. The predicted molar refractivity (Wildman–Crippen MR) is 83.0 cm³/mol. The molecular formula is C14H17N3O6S. The lowest BCUT2D eigenvalue weighted by atomic mass is 9.98. The summed E-state index contributed by atoms with van der Waals surface area (Å²) in [5.74, 6) is -0.362. The van der Waals surface area contributed by atoms with Gasteiger partial charge in [-0.15, -0.1) is 0 Å². The maximum absolute atomic E-state index is 11.4.